The van der Waals surface area contributed by atoms with E-state index in [-0.39, 0.29) is 18.0 Å². The lowest BCUT2D eigenvalue weighted by Gasteiger charge is -2.09. The lowest BCUT2D eigenvalue weighted by atomic mass is 10.1. The van der Waals surface area contributed by atoms with E-state index in [0.29, 0.717) is 17.4 Å². The number of rotatable bonds is 5. The van der Waals surface area contributed by atoms with Crippen LogP contribution in [0.4, 0.5) is 0 Å². The monoisotopic (exact) mass is 376 g/mol. The van der Waals surface area contributed by atoms with Gasteiger partial charge >= 0.3 is 0 Å². The molecule has 0 aliphatic carbocycles. The molecule has 0 aliphatic heterocycles. The lowest BCUT2D eigenvalue weighted by molar-refractivity contribution is -0.121. The fourth-order valence-corrected chi connectivity index (χ4v) is 3.43. The van der Waals surface area contributed by atoms with Gasteiger partial charge in [-0.15, -0.1) is 0 Å². The minimum atomic E-state index is -0.247. The average molecular weight is 376 g/mol. The van der Waals surface area contributed by atoms with E-state index in [1.165, 1.54) is 10.9 Å². The molecule has 4 aromatic rings. The van der Waals surface area contributed by atoms with Crippen LogP contribution in [0.25, 0.3) is 22.2 Å². The second-order valence-corrected chi connectivity index (χ2v) is 6.81. The van der Waals surface area contributed by atoms with Gasteiger partial charge in [-0.1, -0.05) is 12.1 Å². The van der Waals surface area contributed by atoms with Crippen molar-refractivity contribution in [3.63, 3.8) is 0 Å². The Bertz CT molecular complexity index is 1150. The molecule has 0 saturated carbocycles. The predicted octanol–water partition coefficient (Wildman–Crippen LogP) is 2.84. The van der Waals surface area contributed by atoms with E-state index in [0.717, 1.165) is 16.8 Å². The number of nitrogens with one attached hydrogen (secondary N) is 1. The third-order valence-electron chi connectivity index (χ3n) is 4.18. The van der Waals surface area contributed by atoms with Crippen molar-refractivity contribution in [1.29, 1.82) is 0 Å². The molecule has 134 valence electrons. The topological polar surface area (TPSA) is 76.9 Å². The predicted molar refractivity (Wildman–Crippen MR) is 105 cm³/mol. The Morgan fingerprint density at radius 1 is 1.15 bits per heavy atom. The van der Waals surface area contributed by atoms with Crippen molar-refractivity contribution >= 4 is 28.1 Å². The van der Waals surface area contributed by atoms with E-state index in [2.05, 4.69) is 15.3 Å². The average Bonchev–Trinajstić information content (AvgIpc) is 3.24. The van der Waals surface area contributed by atoms with E-state index in [4.69, 9.17) is 0 Å². The van der Waals surface area contributed by atoms with E-state index < -0.39 is 0 Å². The molecule has 0 radical (unpaired) electrons. The van der Waals surface area contributed by atoms with Crippen LogP contribution in [0.2, 0.25) is 0 Å². The molecule has 7 heteroatoms. The summed E-state index contributed by atoms with van der Waals surface area (Å²) in [6, 6.07) is 12.9. The van der Waals surface area contributed by atoms with E-state index >= 15 is 0 Å². The fraction of sp³-hybridized carbons (Fsp3) is 0.100. The van der Waals surface area contributed by atoms with Crippen molar-refractivity contribution in [2.75, 3.05) is 0 Å². The number of para-hydroxylation sites is 1. The summed E-state index contributed by atoms with van der Waals surface area (Å²) in [7, 11) is 0. The Labute approximate surface area is 159 Å². The van der Waals surface area contributed by atoms with Crippen LogP contribution in [-0.2, 0) is 17.9 Å². The smallest absolute Gasteiger partial charge is 0.261 e. The first kappa shape index (κ1) is 17.1. The van der Waals surface area contributed by atoms with Gasteiger partial charge in [-0.2, -0.15) is 11.3 Å². The van der Waals surface area contributed by atoms with Gasteiger partial charge in [-0.05, 0) is 41.3 Å². The number of amides is 1. The zero-order valence-corrected chi connectivity index (χ0v) is 15.1. The summed E-state index contributed by atoms with van der Waals surface area (Å²) in [4.78, 5) is 33.3. The number of pyridine rings is 1. The van der Waals surface area contributed by atoms with Crippen molar-refractivity contribution in [3.8, 4) is 11.3 Å². The number of carbonyl (C=O) groups excluding carboxylic acids is 1. The Balaban J connectivity index is 1.44. The number of hydrogen-bond donors (Lipinski definition) is 1. The molecule has 3 heterocycles. The molecule has 0 aliphatic rings. The van der Waals surface area contributed by atoms with E-state index in [1.54, 1.807) is 35.7 Å². The Morgan fingerprint density at radius 2 is 2.04 bits per heavy atom. The molecule has 4 rings (SSSR count). The minimum Gasteiger partial charge on any atom is -0.350 e. The molecule has 0 atom stereocenters. The van der Waals surface area contributed by atoms with Gasteiger partial charge in [0.1, 0.15) is 6.54 Å². The molecule has 3 aromatic heterocycles. The summed E-state index contributed by atoms with van der Waals surface area (Å²) in [6.07, 6.45) is 3.14. The summed E-state index contributed by atoms with van der Waals surface area (Å²) in [5.41, 5.74) is 3.28. The van der Waals surface area contributed by atoms with Crippen molar-refractivity contribution < 1.29 is 4.79 Å². The lowest BCUT2D eigenvalue weighted by Crippen LogP contribution is -2.32. The minimum absolute atomic E-state index is 0.0703. The van der Waals surface area contributed by atoms with Crippen molar-refractivity contribution in [2.45, 2.75) is 13.1 Å². The molecule has 0 bridgehead atoms. The molecule has 0 saturated heterocycles. The van der Waals surface area contributed by atoms with Crippen molar-refractivity contribution in [2.24, 2.45) is 0 Å². The van der Waals surface area contributed by atoms with E-state index in [9.17, 15) is 9.59 Å². The molecule has 0 unspecified atom stereocenters. The van der Waals surface area contributed by atoms with Crippen LogP contribution in [0.5, 0.6) is 0 Å². The van der Waals surface area contributed by atoms with Crippen LogP contribution >= 0.6 is 11.3 Å². The van der Waals surface area contributed by atoms with Crippen LogP contribution in [0.15, 0.2) is 70.5 Å². The number of carbonyl (C=O) groups is 1. The zero-order valence-electron chi connectivity index (χ0n) is 14.3. The summed E-state index contributed by atoms with van der Waals surface area (Å²) >= 11 is 1.61. The quantitative estimate of drug-likeness (QED) is 0.581. The molecule has 1 amide bonds. The van der Waals surface area contributed by atoms with Gasteiger partial charge in [-0.3, -0.25) is 19.1 Å². The molecule has 6 nitrogen and oxygen atoms in total. The Morgan fingerprint density at radius 3 is 2.89 bits per heavy atom. The SMILES string of the molecule is O=C(Cn1cnc2ccccc2c1=O)NCc1ccnc(-c2ccsc2)c1. The fourth-order valence-electron chi connectivity index (χ4n) is 2.78. The van der Waals surface area contributed by atoms with Crippen LogP contribution in [0.1, 0.15) is 5.56 Å². The van der Waals surface area contributed by atoms with Crippen LogP contribution in [0, 0.1) is 0 Å². The van der Waals surface area contributed by atoms with Gasteiger partial charge in [0.25, 0.3) is 5.56 Å². The number of aromatic nitrogens is 3. The third-order valence-corrected chi connectivity index (χ3v) is 4.86. The van der Waals surface area contributed by atoms with Crippen molar-refractivity contribution in [1.82, 2.24) is 19.9 Å². The molecule has 27 heavy (non-hydrogen) atoms. The van der Waals surface area contributed by atoms with Gasteiger partial charge < -0.3 is 5.32 Å². The summed E-state index contributed by atoms with van der Waals surface area (Å²) < 4.78 is 1.32. The van der Waals surface area contributed by atoms with Crippen molar-refractivity contribution in [3.05, 3.63) is 81.7 Å². The highest BCUT2D eigenvalue weighted by Gasteiger charge is 2.08. The molecular weight excluding hydrogens is 360 g/mol. The highest BCUT2D eigenvalue weighted by molar-refractivity contribution is 7.08. The van der Waals surface area contributed by atoms with E-state index in [1.807, 2.05) is 35.0 Å². The van der Waals surface area contributed by atoms with Crippen LogP contribution < -0.4 is 10.9 Å². The highest BCUT2D eigenvalue weighted by atomic mass is 32.1. The third kappa shape index (κ3) is 3.78. The number of benzene rings is 1. The maximum absolute atomic E-state index is 12.4. The molecule has 1 aromatic carbocycles. The standard InChI is InChI=1S/C20H16N4O2S/c25-19(11-24-13-23-17-4-2-1-3-16(17)20(24)26)22-10-14-5-7-21-18(9-14)15-6-8-27-12-15/h1-9,12-13H,10-11H2,(H,22,25). The van der Waals surface area contributed by atoms with Gasteiger partial charge in [0.05, 0.1) is 22.9 Å². The summed E-state index contributed by atoms with van der Waals surface area (Å²) in [6.45, 7) is 0.299. The highest BCUT2D eigenvalue weighted by Crippen LogP contribution is 2.20. The van der Waals surface area contributed by atoms with Gasteiger partial charge in [0.2, 0.25) is 5.91 Å². The molecular formula is C20H16N4O2S. The molecule has 0 spiro atoms. The summed E-state index contributed by atoms with van der Waals surface area (Å²) in [5.74, 6) is -0.247. The largest absolute Gasteiger partial charge is 0.350 e. The number of thiophene rings is 1. The maximum Gasteiger partial charge on any atom is 0.261 e. The van der Waals surface area contributed by atoms with Crippen LogP contribution in [-0.4, -0.2) is 20.4 Å². The molecule has 1 N–H and O–H groups in total. The second-order valence-electron chi connectivity index (χ2n) is 6.03. The second kappa shape index (κ2) is 7.51. The first-order chi connectivity index (χ1) is 13.2. The Hall–Kier alpha value is -3.32. The zero-order chi connectivity index (χ0) is 18.6. The first-order valence-electron chi connectivity index (χ1n) is 8.39. The van der Waals surface area contributed by atoms with Gasteiger partial charge in [-0.25, -0.2) is 4.98 Å². The van der Waals surface area contributed by atoms with Gasteiger partial charge in [0.15, 0.2) is 0 Å². The van der Waals surface area contributed by atoms with Gasteiger partial charge in [0, 0.05) is 23.7 Å². The first-order valence-corrected chi connectivity index (χ1v) is 9.33. The van der Waals surface area contributed by atoms with Crippen LogP contribution in [0.3, 0.4) is 0 Å². The summed E-state index contributed by atoms with van der Waals surface area (Å²) in [5, 5.41) is 7.38. The molecule has 0 fully saturated rings. The Kier molecular flexibility index (Phi) is 4.76. The normalized spacial score (nSPS) is 10.8. The number of hydrogen-bond acceptors (Lipinski definition) is 5. The number of nitrogens with zero attached hydrogens (tertiary/aromatic N) is 3. The maximum atomic E-state index is 12.4. The number of fused-ring (bicyclic) bond motifs is 1.